The SMILES string of the molecule is COCCNC(=O)c1cnc(N(C)C)nc1C1CCN(C(=O)c2cc(C3CC3)[nH]n2)C1. The first-order chi connectivity index (χ1) is 15.0. The number of hydrogen-bond acceptors (Lipinski definition) is 7. The molecule has 2 amide bonds. The van der Waals surface area contributed by atoms with Crippen LogP contribution in [0.1, 0.15) is 63.3 Å². The second-order valence-electron chi connectivity index (χ2n) is 8.33. The van der Waals surface area contributed by atoms with Gasteiger partial charge >= 0.3 is 0 Å². The molecule has 3 heterocycles. The van der Waals surface area contributed by atoms with Crippen molar-refractivity contribution in [2.75, 3.05) is 52.3 Å². The van der Waals surface area contributed by atoms with Gasteiger partial charge in [0.2, 0.25) is 5.95 Å². The quantitative estimate of drug-likeness (QED) is 0.607. The molecule has 2 aromatic rings. The van der Waals surface area contributed by atoms with Gasteiger partial charge in [-0.05, 0) is 25.3 Å². The maximum atomic E-state index is 13.0. The lowest BCUT2D eigenvalue weighted by molar-refractivity contribution is 0.0784. The van der Waals surface area contributed by atoms with Crippen molar-refractivity contribution in [3.05, 3.63) is 34.9 Å². The summed E-state index contributed by atoms with van der Waals surface area (Å²) in [4.78, 5) is 38.3. The zero-order valence-corrected chi connectivity index (χ0v) is 18.2. The Morgan fingerprint density at radius 2 is 2.10 bits per heavy atom. The highest BCUT2D eigenvalue weighted by atomic mass is 16.5. The van der Waals surface area contributed by atoms with Crippen LogP contribution in [0.5, 0.6) is 0 Å². The average Bonchev–Trinajstić information content (AvgIpc) is 3.29. The van der Waals surface area contributed by atoms with Crippen LogP contribution in [0.2, 0.25) is 0 Å². The maximum Gasteiger partial charge on any atom is 0.274 e. The van der Waals surface area contributed by atoms with Crippen molar-refractivity contribution >= 4 is 17.8 Å². The molecule has 0 bridgehead atoms. The molecule has 1 saturated carbocycles. The van der Waals surface area contributed by atoms with Gasteiger partial charge in [-0.15, -0.1) is 0 Å². The third-order valence-electron chi connectivity index (χ3n) is 5.74. The average molecular weight is 428 g/mol. The second kappa shape index (κ2) is 9.01. The third kappa shape index (κ3) is 4.68. The molecule has 10 heteroatoms. The molecule has 1 aliphatic carbocycles. The monoisotopic (exact) mass is 427 g/mol. The summed E-state index contributed by atoms with van der Waals surface area (Å²) >= 11 is 0. The van der Waals surface area contributed by atoms with Gasteiger partial charge in [-0.3, -0.25) is 14.7 Å². The minimum absolute atomic E-state index is 0.0457. The molecule has 31 heavy (non-hydrogen) atoms. The van der Waals surface area contributed by atoms with Gasteiger partial charge in [0, 0.05) is 64.6 Å². The van der Waals surface area contributed by atoms with Crippen molar-refractivity contribution < 1.29 is 14.3 Å². The first-order valence-electron chi connectivity index (χ1n) is 10.6. The van der Waals surface area contributed by atoms with Crippen LogP contribution in [-0.4, -0.2) is 84.3 Å². The fraction of sp³-hybridized carbons (Fsp3) is 0.571. The Bertz CT molecular complexity index is 954. The second-order valence-corrected chi connectivity index (χ2v) is 8.33. The van der Waals surface area contributed by atoms with Gasteiger partial charge in [0.25, 0.3) is 11.8 Å². The molecule has 1 unspecified atom stereocenters. The number of amides is 2. The first-order valence-corrected chi connectivity index (χ1v) is 10.6. The predicted octanol–water partition coefficient (Wildman–Crippen LogP) is 1.15. The van der Waals surface area contributed by atoms with Crippen LogP contribution in [0.25, 0.3) is 0 Å². The fourth-order valence-corrected chi connectivity index (χ4v) is 3.83. The standard InChI is InChI=1S/C21H29N7O3/c1-27(2)21-23-11-15(19(29)22-7-9-31-3)18(24-21)14-6-8-28(12-14)20(30)17-10-16(25-26-17)13-4-5-13/h10-11,13-14H,4-9,12H2,1-3H3,(H,22,29)(H,25,26). The number of likely N-dealkylation sites (tertiary alicyclic amines) is 1. The molecule has 2 aromatic heterocycles. The fourth-order valence-electron chi connectivity index (χ4n) is 3.83. The topological polar surface area (TPSA) is 116 Å². The lowest BCUT2D eigenvalue weighted by Gasteiger charge is -2.19. The van der Waals surface area contributed by atoms with Crippen molar-refractivity contribution in [3.8, 4) is 0 Å². The molecule has 1 atom stereocenters. The Balaban J connectivity index is 1.51. The number of aromatic amines is 1. The number of anilines is 1. The van der Waals surface area contributed by atoms with E-state index < -0.39 is 0 Å². The summed E-state index contributed by atoms with van der Waals surface area (Å²) in [5.41, 5.74) is 2.61. The van der Waals surface area contributed by atoms with Gasteiger partial charge in [0.05, 0.1) is 17.9 Å². The van der Waals surface area contributed by atoms with E-state index in [2.05, 4.69) is 25.5 Å². The Hall–Kier alpha value is -3.01. The molecule has 0 aromatic carbocycles. The minimum Gasteiger partial charge on any atom is -0.383 e. The van der Waals surface area contributed by atoms with Crippen LogP contribution < -0.4 is 10.2 Å². The van der Waals surface area contributed by atoms with E-state index in [-0.39, 0.29) is 17.7 Å². The van der Waals surface area contributed by atoms with Crippen LogP contribution in [0.4, 0.5) is 5.95 Å². The first kappa shape index (κ1) is 21.2. The summed E-state index contributed by atoms with van der Waals surface area (Å²) in [7, 11) is 5.30. The van der Waals surface area contributed by atoms with Gasteiger partial charge in [-0.1, -0.05) is 0 Å². The van der Waals surface area contributed by atoms with Crippen molar-refractivity contribution in [1.29, 1.82) is 0 Å². The van der Waals surface area contributed by atoms with Crippen LogP contribution in [0.3, 0.4) is 0 Å². The van der Waals surface area contributed by atoms with E-state index in [4.69, 9.17) is 4.74 Å². The summed E-state index contributed by atoms with van der Waals surface area (Å²) < 4.78 is 5.01. The molecule has 10 nitrogen and oxygen atoms in total. The number of nitrogens with one attached hydrogen (secondary N) is 2. The van der Waals surface area contributed by atoms with Crippen LogP contribution in [0.15, 0.2) is 12.3 Å². The maximum absolute atomic E-state index is 13.0. The number of rotatable bonds is 8. The Morgan fingerprint density at radius 1 is 1.29 bits per heavy atom. The van der Waals surface area contributed by atoms with E-state index in [1.807, 2.05) is 20.2 Å². The van der Waals surface area contributed by atoms with Crippen molar-refractivity contribution in [1.82, 2.24) is 30.4 Å². The number of ether oxygens (including phenoxy) is 1. The zero-order valence-electron chi connectivity index (χ0n) is 18.2. The van der Waals surface area contributed by atoms with Crippen molar-refractivity contribution in [2.24, 2.45) is 0 Å². The molecule has 0 radical (unpaired) electrons. The van der Waals surface area contributed by atoms with Crippen LogP contribution >= 0.6 is 0 Å². The number of H-pyrrole nitrogens is 1. The van der Waals surface area contributed by atoms with E-state index in [0.29, 0.717) is 55.1 Å². The predicted molar refractivity (Wildman–Crippen MR) is 114 cm³/mol. The third-order valence-corrected chi connectivity index (χ3v) is 5.74. The van der Waals surface area contributed by atoms with E-state index in [1.54, 1.807) is 23.1 Å². The highest BCUT2D eigenvalue weighted by Gasteiger charge is 2.34. The van der Waals surface area contributed by atoms with Gasteiger partial charge in [-0.2, -0.15) is 5.10 Å². The summed E-state index contributed by atoms with van der Waals surface area (Å²) in [6.07, 6.45) is 4.60. The Morgan fingerprint density at radius 3 is 2.81 bits per heavy atom. The van der Waals surface area contributed by atoms with Crippen LogP contribution in [0, 0.1) is 0 Å². The molecule has 2 N–H and O–H groups in total. The number of carbonyl (C=O) groups excluding carboxylic acids is 2. The van der Waals surface area contributed by atoms with E-state index in [1.165, 1.54) is 0 Å². The number of aromatic nitrogens is 4. The molecule has 0 spiro atoms. The zero-order chi connectivity index (χ0) is 22.0. The smallest absolute Gasteiger partial charge is 0.274 e. The highest BCUT2D eigenvalue weighted by Crippen LogP contribution is 2.39. The Labute approximate surface area is 181 Å². The van der Waals surface area contributed by atoms with E-state index in [9.17, 15) is 9.59 Å². The van der Waals surface area contributed by atoms with E-state index in [0.717, 1.165) is 25.0 Å². The summed E-state index contributed by atoms with van der Waals surface area (Å²) in [6.45, 7) is 1.92. The number of methoxy groups -OCH3 is 1. The van der Waals surface area contributed by atoms with Gasteiger partial charge in [-0.25, -0.2) is 9.97 Å². The molecule has 1 saturated heterocycles. The number of carbonyl (C=O) groups is 2. The molecule has 2 fully saturated rings. The highest BCUT2D eigenvalue weighted by molar-refractivity contribution is 5.95. The largest absolute Gasteiger partial charge is 0.383 e. The molecule has 166 valence electrons. The summed E-state index contributed by atoms with van der Waals surface area (Å²) in [5, 5.41) is 10.1. The molecule has 2 aliphatic rings. The van der Waals surface area contributed by atoms with Crippen LogP contribution in [-0.2, 0) is 4.74 Å². The summed E-state index contributed by atoms with van der Waals surface area (Å²) in [5.74, 6) is 0.692. The van der Waals surface area contributed by atoms with Crippen molar-refractivity contribution in [2.45, 2.75) is 31.1 Å². The lowest BCUT2D eigenvalue weighted by atomic mass is 9.99. The Kier molecular flexibility index (Phi) is 6.17. The normalized spacial score (nSPS) is 18.3. The van der Waals surface area contributed by atoms with Gasteiger partial charge < -0.3 is 19.9 Å². The van der Waals surface area contributed by atoms with E-state index >= 15 is 0 Å². The molecular formula is C21H29N7O3. The summed E-state index contributed by atoms with van der Waals surface area (Å²) in [6, 6.07) is 1.87. The molecular weight excluding hydrogens is 398 g/mol. The van der Waals surface area contributed by atoms with Gasteiger partial charge in [0.15, 0.2) is 0 Å². The number of nitrogens with zero attached hydrogens (tertiary/aromatic N) is 5. The lowest BCUT2D eigenvalue weighted by Crippen LogP contribution is -2.31. The molecule has 1 aliphatic heterocycles. The number of hydrogen-bond donors (Lipinski definition) is 2. The van der Waals surface area contributed by atoms with Crippen molar-refractivity contribution in [3.63, 3.8) is 0 Å². The minimum atomic E-state index is -0.233. The molecule has 4 rings (SSSR count). The van der Waals surface area contributed by atoms with Gasteiger partial charge in [0.1, 0.15) is 5.69 Å².